The second-order valence-corrected chi connectivity index (χ2v) is 4.10. The van der Waals surface area contributed by atoms with Gasteiger partial charge in [-0.2, -0.15) is 0 Å². The molecular formula is C9H12BrNO2. The SMILES string of the molecule is Nc1occ(Br)c1C1CCOCC1. The fraction of sp³-hybridized carbons (Fsp3) is 0.556. The van der Waals surface area contributed by atoms with E-state index < -0.39 is 0 Å². The molecule has 1 aliphatic heterocycles. The first-order valence-electron chi connectivity index (χ1n) is 4.39. The van der Waals surface area contributed by atoms with Crippen molar-refractivity contribution in [1.82, 2.24) is 0 Å². The van der Waals surface area contributed by atoms with Gasteiger partial charge >= 0.3 is 0 Å². The highest BCUT2D eigenvalue weighted by Gasteiger charge is 2.22. The van der Waals surface area contributed by atoms with E-state index in [4.69, 9.17) is 14.9 Å². The Kier molecular flexibility index (Phi) is 2.60. The van der Waals surface area contributed by atoms with Crippen molar-refractivity contribution in [2.45, 2.75) is 18.8 Å². The predicted molar refractivity (Wildman–Crippen MR) is 53.6 cm³/mol. The van der Waals surface area contributed by atoms with E-state index in [-0.39, 0.29) is 0 Å². The first-order valence-corrected chi connectivity index (χ1v) is 5.18. The highest BCUT2D eigenvalue weighted by molar-refractivity contribution is 9.10. The van der Waals surface area contributed by atoms with Crippen molar-refractivity contribution in [2.75, 3.05) is 18.9 Å². The zero-order valence-corrected chi connectivity index (χ0v) is 8.84. The Bertz CT molecular complexity index is 272. The number of hydrogen-bond acceptors (Lipinski definition) is 3. The monoisotopic (exact) mass is 245 g/mol. The zero-order chi connectivity index (χ0) is 9.26. The van der Waals surface area contributed by atoms with E-state index in [9.17, 15) is 0 Å². The number of halogens is 1. The van der Waals surface area contributed by atoms with Crippen molar-refractivity contribution in [3.8, 4) is 0 Å². The van der Waals surface area contributed by atoms with Crippen LogP contribution in [0.25, 0.3) is 0 Å². The van der Waals surface area contributed by atoms with Crippen LogP contribution < -0.4 is 5.73 Å². The summed E-state index contributed by atoms with van der Waals surface area (Å²) in [4.78, 5) is 0. The average Bonchev–Trinajstić information content (AvgIpc) is 2.48. The van der Waals surface area contributed by atoms with Crippen LogP contribution in [0.5, 0.6) is 0 Å². The molecule has 0 radical (unpaired) electrons. The molecule has 0 bridgehead atoms. The second-order valence-electron chi connectivity index (χ2n) is 3.25. The molecule has 1 fully saturated rings. The Morgan fingerprint density at radius 3 is 2.62 bits per heavy atom. The first-order chi connectivity index (χ1) is 6.29. The van der Waals surface area contributed by atoms with Gasteiger partial charge in [-0.15, -0.1) is 0 Å². The number of ether oxygens (including phenoxy) is 1. The molecule has 1 aromatic rings. The van der Waals surface area contributed by atoms with Crippen LogP contribution >= 0.6 is 15.9 Å². The maximum absolute atomic E-state index is 5.73. The lowest BCUT2D eigenvalue weighted by molar-refractivity contribution is 0.0853. The highest BCUT2D eigenvalue weighted by atomic mass is 79.9. The number of nitrogens with two attached hydrogens (primary N) is 1. The van der Waals surface area contributed by atoms with Crippen LogP contribution in [-0.2, 0) is 4.74 Å². The molecular weight excluding hydrogens is 234 g/mol. The van der Waals surface area contributed by atoms with Crippen molar-refractivity contribution in [1.29, 1.82) is 0 Å². The lowest BCUT2D eigenvalue weighted by Gasteiger charge is -2.21. The Morgan fingerprint density at radius 2 is 2.08 bits per heavy atom. The van der Waals surface area contributed by atoms with Crippen molar-refractivity contribution in [2.24, 2.45) is 0 Å². The van der Waals surface area contributed by atoms with Gasteiger partial charge in [-0.3, -0.25) is 0 Å². The molecule has 0 amide bonds. The van der Waals surface area contributed by atoms with E-state index in [1.54, 1.807) is 6.26 Å². The van der Waals surface area contributed by atoms with E-state index in [1.165, 1.54) is 0 Å². The zero-order valence-electron chi connectivity index (χ0n) is 7.25. The first kappa shape index (κ1) is 9.09. The molecule has 0 atom stereocenters. The van der Waals surface area contributed by atoms with Crippen molar-refractivity contribution in [3.63, 3.8) is 0 Å². The van der Waals surface area contributed by atoms with Gasteiger partial charge in [-0.1, -0.05) is 0 Å². The third-order valence-corrected chi connectivity index (χ3v) is 3.06. The van der Waals surface area contributed by atoms with E-state index in [0.29, 0.717) is 11.8 Å². The lowest BCUT2D eigenvalue weighted by atomic mass is 9.93. The fourth-order valence-electron chi connectivity index (χ4n) is 1.74. The smallest absolute Gasteiger partial charge is 0.194 e. The second kappa shape index (κ2) is 3.72. The summed E-state index contributed by atoms with van der Waals surface area (Å²) in [5.74, 6) is 1.03. The van der Waals surface area contributed by atoms with Gasteiger partial charge in [0.05, 0.1) is 4.47 Å². The molecule has 1 aliphatic rings. The summed E-state index contributed by atoms with van der Waals surface area (Å²) in [6, 6.07) is 0. The van der Waals surface area contributed by atoms with Gasteiger partial charge in [0, 0.05) is 18.8 Å². The maximum Gasteiger partial charge on any atom is 0.194 e. The molecule has 4 heteroatoms. The van der Waals surface area contributed by atoms with Gasteiger partial charge < -0.3 is 14.9 Å². The Morgan fingerprint density at radius 1 is 1.38 bits per heavy atom. The number of furan rings is 1. The minimum Gasteiger partial charge on any atom is -0.448 e. The third-order valence-electron chi connectivity index (χ3n) is 2.44. The summed E-state index contributed by atoms with van der Waals surface area (Å²) in [6.45, 7) is 1.64. The minimum absolute atomic E-state index is 0.488. The summed E-state index contributed by atoms with van der Waals surface area (Å²) < 4.78 is 11.4. The van der Waals surface area contributed by atoms with Gasteiger partial charge in [-0.05, 0) is 34.7 Å². The van der Waals surface area contributed by atoms with Gasteiger partial charge in [0.1, 0.15) is 6.26 Å². The molecule has 3 nitrogen and oxygen atoms in total. The molecule has 0 aromatic carbocycles. The maximum atomic E-state index is 5.73. The number of anilines is 1. The summed E-state index contributed by atoms with van der Waals surface area (Å²) in [5, 5.41) is 0. The van der Waals surface area contributed by atoms with Gasteiger partial charge in [0.15, 0.2) is 5.88 Å². The van der Waals surface area contributed by atoms with Crippen molar-refractivity contribution < 1.29 is 9.15 Å². The lowest BCUT2D eigenvalue weighted by Crippen LogP contribution is -2.14. The Hall–Kier alpha value is -0.480. The number of nitrogen functional groups attached to an aromatic ring is 1. The van der Waals surface area contributed by atoms with Crippen LogP contribution in [0.4, 0.5) is 5.88 Å². The molecule has 0 aliphatic carbocycles. The summed E-state index contributed by atoms with van der Waals surface area (Å²) in [7, 11) is 0. The van der Waals surface area contributed by atoms with Crippen LogP contribution in [0.3, 0.4) is 0 Å². The largest absolute Gasteiger partial charge is 0.448 e. The van der Waals surface area contributed by atoms with Crippen LogP contribution in [0, 0.1) is 0 Å². The third kappa shape index (κ3) is 1.74. The number of rotatable bonds is 1. The topological polar surface area (TPSA) is 48.4 Å². The normalized spacial score (nSPS) is 19.2. The van der Waals surface area contributed by atoms with Crippen molar-refractivity contribution in [3.05, 3.63) is 16.3 Å². The van der Waals surface area contributed by atoms with Gasteiger partial charge in [0.25, 0.3) is 0 Å². The molecule has 0 saturated carbocycles. The molecule has 1 aromatic heterocycles. The quantitative estimate of drug-likeness (QED) is 0.828. The van der Waals surface area contributed by atoms with E-state index >= 15 is 0 Å². The van der Waals surface area contributed by atoms with E-state index in [2.05, 4.69) is 15.9 Å². The van der Waals surface area contributed by atoms with Gasteiger partial charge in [0.2, 0.25) is 0 Å². The van der Waals surface area contributed by atoms with Crippen LogP contribution in [-0.4, -0.2) is 13.2 Å². The minimum atomic E-state index is 0.488. The fourth-order valence-corrected chi connectivity index (χ4v) is 2.35. The standard InChI is InChI=1S/C9H12BrNO2/c10-7-5-13-9(11)8(7)6-1-3-12-4-2-6/h5-6H,1-4,11H2. The van der Waals surface area contributed by atoms with Crippen molar-refractivity contribution >= 4 is 21.8 Å². The Labute approximate surface area is 85.4 Å². The van der Waals surface area contributed by atoms with Gasteiger partial charge in [-0.25, -0.2) is 0 Å². The molecule has 13 heavy (non-hydrogen) atoms. The summed E-state index contributed by atoms with van der Waals surface area (Å²) >= 11 is 3.44. The molecule has 2 heterocycles. The molecule has 0 spiro atoms. The Balaban J connectivity index is 2.22. The average molecular weight is 246 g/mol. The molecule has 72 valence electrons. The highest BCUT2D eigenvalue weighted by Crippen LogP contribution is 2.37. The predicted octanol–water partition coefficient (Wildman–Crippen LogP) is 2.52. The van der Waals surface area contributed by atoms with Crippen LogP contribution in [0.15, 0.2) is 15.2 Å². The summed E-state index contributed by atoms with van der Waals surface area (Å²) in [6.07, 6.45) is 3.71. The van der Waals surface area contributed by atoms with Crippen LogP contribution in [0.2, 0.25) is 0 Å². The van der Waals surface area contributed by atoms with E-state index in [1.807, 2.05) is 0 Å². The van der Waals surface area contributed by atoms with Crippen LogP contribution in [0.1, 0.15) is 24.3 Å². The summed E-state index contributed by atoms with van der Waals surface area (Å²) in [5.41, 5.74) is 6.85. The molecule has 2 rings (SSSR count). The number of hydrogen-bond donors (Lipinski definition) is 1. The molecule has 2 N–H and O–H groups in total. The van der Waals surface area contributed by atoms with E-state index in [0.717, 1.165) is 36.1 Å². The molecule has 1 saturated heterocycles. The molecule has 0 unspecified atom stereocenters.